The molecule has 1 N–H and O–H groups in total. The van der Waals surface area contributed by atoms with Crippen molar-refractivity contribution < 1.29 is 24.2 Å². The second-order valence-corrected chi connectivity index (χ2v) is 16.8. The highest BCUT2D eigenvalue weighted by Crippen LogP contribution is 2.15. The molecule has 1 unspecified atom stereocenters. The van der Waals surface area contributed by atoms with Crippen molar-refractivity contribution in [2.24, 2.45) is 0 Å². The second kappa shape index (κ2) is 52.2. The van der Waals surface area contributed by atoms with Gasteiger partial charge < -0.3 is 14.6 Å². The first-order chi connectivity index (χ1) is 30.6. The lowest BCUT2D eigenvalue weighted by Gasteiger charge is -2.15. The Labute approximate surface area is 383 Å². The number of rotatable bonds is 46. The summed E-state index contributed by atoms with van der Waals surface area (Å²) < 4.78 is 10.7. The van der Waals surface area contributed by atoms with Crippen LogP contribution in [0, 0.1) is 0 Å². The van der Waals surface area contributed by atoms with Crippen LogP contribution in [-0.4, -0.2) is 36.4 Å². The van der Waals surface area contributed by atoms with Crippen LogP contribution < -0.4 is 0 Å². The fourth-order valence-electron chi connectivity index (χ4n) is 7.07. The Kier molecular flexibility index (Phi) is 49.5. The number of aliphatic hydroxyl groups excluding tert-OH is 1. The number of unbranched alkanes of at least 4 members (excludes halogenated alkanes) is 22. The van der Waals surface area contributed by atoms with Crippen molar-refractivity contribution in [3.05, 3.63) is 97.2 Å². The van der Waals surface area contributed by atoms with Crippen LogP contribution in [0.2, 0.25) is 0 Å². The Balaban J connectivity index is 3.53. The minimum absolute atomic E-state index is 0.0729. The van der Waals surface area contributed by atoms with E-state index >= 15 is 0 Å². The highest BCUT2D eigenvalue weighted by molar-refractivity contribution is 5.70. The highest BCUT2D eigenvalue weighted by atomic mass is 16.6. The topological polar surface area (TPSA) is 72.8 Å². The van der Waals surface area contributed by atoms with Crippen LogP contribution in [0.15, 0.2) is 97.2 Å². The first-order valence-corrected chi connectivity index (χ1v) is 25.8. The SMILES string of the molecule is CC/C=C\C/C=C\C/C=C\C/C=C\CCCCCCCCCCCCCCC(=O)OC(CO)COC(=O)CCCCCCCCCCCC/C=C\C/C=C\C/C=C\C/C=C\CC. The summed E-state index contributed by atoms with van der Waals surface area (Å²) in [5.74, 6) is -0.598. The van der Waals surface area contributed by atoms with Gasteiger partial charge in [0.15, 0.2) is 6.10 Å². The van der Waals surface area contributed by atoms with Gasteiger partial charge in [-0.25, -0.2) is 0 Å². The molecule has 0 saturated carbocycles. The van der Waals surface area contributed by atoms with Gasteiger partial charge in [-0.05, 0) is 89.9 Å². The fraction of sp³-hybridized carbons (Fsp3) is 0.684. The molecule has 5 heteroatoms. The largest absolute Gasteiger partial charge is 0.462 e. The predicted octanol–water partition coefficient (Wildman–Crippen LogP) is 17.2. The number of carbonyl (C=O) groups is 2. The van der Waals surface area contributed by atoms with Gasteiger partial charge in [-0.3, -0.25) is 9.59 Å². The maximum absolute atomic E-state index is 12.3. The number of esters is 2. The van der Waals surface area contributed by atoms with Crippen molar-refractivity contribution in [2.45, 2.75) is 238 Å². The molecule has 0 fully saturated rings. The Morgan fingerprint density at radius 1 is 0.371 bits per heavy atom. The van der Waals surface area contributed by atoms with Gasteiger partial charge in [0.25, 0.3) is 0 Å². The van der Waals surface area contributed by atoms with E-state index in [1.54, 1.807) is 0 Å². The van der Waals surface area contributed by atoms with Crippen LogP contribution >= 0.6 is 0 Å². The van der Waals surface area contributed by atoms with E-state index in [0.717, 1.165) is 89.9 Å². The van der Waals surface area contributed by atoms with E-state index in [-0.39, 0.29) is 25.2 Å². The van der Waals surface area contributed by atoms with Crippen LogP contribution in [-0.2, 0) is 19.1 Å². The molecular weight excluding hydrogens is 765 g/mol. The number of allylic oxidation sites excluding steroid dienone is 16. The van der Waals surface area contributed by atoms with Crippen molar-refractivity contribution >= 4 is 11.9 Å². The van der Waals surface area contributed by atoms with Crippen LogP contribution in [0.1, 0.15) is 232 Å². The summed E-state index contributed by atoms with van der Waals surface area (Å²) in [6.45, 7) is 3.92. The number of aliphatic hydroxyl groups is 1. The Bertz CT molecular complexity index is 1200. The minimum atomic E-state index is -0.781. The molecule has 0 aliphatic carbocycles. The van der Waals surface area contributed by atoms with Gasteiger partial charge in [0.05, 0.1) is 6.61 Å². The van der Waals surface area contributed by atoms with E-state index in [0.29, 0.717) is 12.8 Å². The fourth-order valence-corrected chi connectivity index (χ4v) is 7.07. The molecule has 0 amide bonds. The van der Waals surface area contributed by atoms with Crippen LogP contribution in [0.4, 0.5) is 0 Å². The zero-order valence-electron chi connectivity index (χ0n) is 40.4. The number of carbonyl (C=O) groups excluding carboxylic acids is 2. The summed E-state index contributed by atoms with van der Waals surface area (Å²) in [6, 6.07) is 0. The standard InChI is InChI=1S/C57H96O5/c1-3-5-7-9-11-13-15-17-19-21-23-25-27-28-30-32-34-36-38-40-42-44-46-48-50-52-57(60)62-55(53-58)54-61-56(59)51-49-47-45-43-41-39-37-35-33-31-29-26-24-22-20-18-16-14-12-10-8-6-4-2/h5-8,11-14,17-20,23-26,55,58H,3-4,9-10,15-16,21-22,27-54H2,1-2H3/b7-5-,8-6-,13-11-,14-12-,19-17-,20-18-,25-23-,26-24-. The highest BCUT2D eigenvalue weighted by Gasteiger charge is 2.16. The van der Waals surface area contributed by atoms with Gasteiger partial charge in [0.2, 0.25) is 0 Å². The van der Waals surface area contributed by atoms with Gasteiger partial charge in [0, 0.05) is 12.8 Å². The molecule has 0 aromatic heterocycles. The molecular formula is C57H96O5. The smallest absolute Gasteiger partial charge is 0.306 e. The quantitative estimate of drug-likeness (QED) is 0.0375. The maximum atomic E-state index is 12.3. The summed E-state index contributed by atoms with van der Waals surface area (Å²) >= 11 is 0. The molecule has 5 nitrogen and oxygen atoms in total. The van der Waals surface area contributed by atoms with E-state index in [2.05, 4.69) is 111 Å². The van der Waals surface area contributed by atoms with Gasteiger partial charge in [-0.1, -0.05) is 227 Å². The number of ether oxygens (including phenoxy) is 2. The molecule has 0 heterocycles. The maximum Gasteiger partial charge on any atom is 0.306 e. The third-order valence-corrected chi connectivity index (χ3v) is 10.9. The lowest BCUT2D eigenvalue weighted by molar-refractivity contribution is -0.161. The monoisotopic (exact) mass is 861 g/mol. The van der Waals surface area contributed by atoms with Crippen molar-refractivity contribution in [1.29, 1.82) is 0 Å². The van der Waals surface area contributed by atoms with E-state index in [4.69, 9.17) is 9.47 Å². The zero-order chi connectivity index (χ0) is 44.9. The van der Waals surface area contributed by atoms with Gasteiger partial charge >= 0.3 is 11.9 Å². The summed E-state index contributed by atoms with van der Waals surface area (Å²) in [4.78, 5) is 24.5. The van der Waals surface area contributed by atoms with E-state index in [1.165, 1.54) is 116 Å². The van der Waals surface area contributed by atoms with Gasteiger partial charge in [-0.2, -0.15) is 0 Å². The molecule has 0 aromatic carbocycles. The molecule has 0 radical (unpaired) electrons. The molecule has 1 atom stereocenters. The average Bonchev–Trinajstić information content (AvgIpc) is 3.28. The Hall–Kier alpha value is -3.18. The number of hydrogen-bond acceptors (Lipinski definition) is 5. The number of hydrogen-bond donors (Lipinski definition) is 1. The van der Waals surface area contributed by atoms with Crippen molar-refractivity contribution in [3.63, 3.8) is 0 Å². The van der Waals surface area contributed by atoms with Crippen molar-refractivity contribution in [1.82, 2.24) is 0 Å². The molecule has 0 bridgehead atoms. The normalized spacial score (nSPS) is 13.0. The average molecular weight is 861 g/mol. The van der Waals surface area contributed by atoms with Gasteiger partial charge in [-0.15, -0.1) is 0 Å². The summed E-state index contributed by atoms with van der Waals surface area (Å²) in [7, 11) is 0. The lowest BCUT2D eigenvalue weighted by atomic mass is 10.0. The van der Waals surface area contributed by atoms with Crippen LogP contribution in [0.5, 0.6) is 0 Å². The zero-order valence-corrected chi connectivity index (χ0v) is 40.4. The third-order valence-electron chi connectivity index (χ3n) is 10.9. The molecule has 354 valence electrons. The first kappa shape index (κ1) is 58.8. The Morgan fingerprint density at radius 3 is 0.968 bits per heavy atom. The van der Waals surface area contributed by atoms with E-state index < -0.39 is 6.10 Å². The molecule has 0 saturated heterocycles. The predicted molar refractivity (Wildman–Crippen MR) is 269 cm³/mol. The first-order valence-electron chi connectivity index (χ1n) is 25.8. The van der Waals surface area contributed by atoms with Crippen molar-refractivity contribution in [2.75, 3.05) is 13.2 Å². The summed E-state index contributed by atoms with van der Waals surface area (Å²) in [5.41, 5.74) is 0. The molecule has 0 aromatic rings. The van der Waals surface area contributed by atoms with Crippen LogP contribution in [0.3, 0.4) is 0 Å². The van der Waals surface area contributed by atoms with E-state index in [1.807, 2.05) is 0 Å². The lowest BCUT2D eigenvalue weighted by Crippen LogP contribution is -2.28. The summed E-state index contributed by atoms with van der Waals surface area (Å²) in [6.07, 6.45) is 73.5. The van der Waals surface area contributed by atoms with Gasteiger partial charge in [0.1, 0.15) is 6.61 Å². The molecule has 0 aliphatic heterocycles. The van der Waals surface area contributed by atoms with Crippen LogP contribution in [0.25, 0.3) is 0 Å². The summed E-state index contributed by atoms with van der Waals surface area (Å²) in [5, 5.41) is 9.64. The van der Waals surface area contributed by atoms with E-state index in [9.17, 15) is 14.7 Å². The molecule has 0 spiro atoms. The minimum Gasteiger partial charge on any atom is -0.462 e. The third kappa shape index (κ3) is 49.5. The molecule has 0 rings (SSSR count). The molecule has 0 aliphatic rings. The molecule has 62 heavy (non-hydrogen) atoms. The van der Waals surface area contributed by atoms with Crippen molar-refractivity contribution in [3.8, 4) is 0 Å². The second-order valence-electron chi connectivity index (χ2n) is 16.8. The Morgan fingerprint density at radius 2 is 0.645 bits per heavy atom.